The third kappa shape index (κ3) is 5.25. The van der Waals surface area contributed by atoms with Crippen LogP contribution in [0.1, 0.15) is 38.7 Å². The molecule has 0 unspecified atom stereocenters. The summed E-state index contributed by atoms with van der Waals surface area (Å²) in [6.45, 7) is 1.13. The summed E-state index contributed by atoms with van der Waals surface area (Å²) in [7, 11) is 0. The molecule has 0 atom stereocenters. The molecule has 2 heterocycles. The summed E-state index contributed by atoms with van der Waals surface area (Å²) < 4.78 is 6.22. The molecule has 0 spiro atoms. The molecule has 192 valence electrons. The number of carbonyl (C=O) groups is 2. The van der Waals surface area contributed by atoms with Crippen LogP contribution < -0.4 is 5.32 Å². The minimum atomic E-state index is -0.430. The van der Waals surface area contributed by atoms with Crippen LogP contribution in [0.25, 0.3) is 11.3 Å². The van der Waals surface area contributed by atoms with Crippen molar-refractivity contribution in [2.45, 2.75) is 18.9 Å². The van der Waals surface area contributed by atoms with Crippen molar-refractivity contribution in [3.8, 4) is 11.3 Å². The Bertz CT molecular complexity index is 1550. The second-order valence-corrected chi connectivity index (χ2v) is 9.73. The van der Waals surface area contributed by atoms with E-state index in [0.717, 1.165) is 33.8 Å². The first-order chi connectivity index (χ1) is 19.2. The summed E-state index contributed by atoms with van der Waals surface area (Å²) in [5, 5.41) is 3.12. The standard InChI is InChI=1S/C34H28N2O3/c37-33(32(24-11-4-1-5-12-24)25-13-6-2-7-14-25)35-29-18-10-17-27(21-29)31-22-28-23-36(20-19-30(28)39-31)34(38)26-15-8-3-9-16-26/h1-18,21-22,32H,19-20,23H2,(H,35,37). The molecular weight excluding hydrogens is 484 g/mol. The minimum Gasteiger partial charge on any atom is -0.461 e. The second-order valence-electron chi connectivity index (χ2n) is 9.73. The van der Waals surface area contributed by atoms with Crippen molar-refractivity contribution in [3.05, 3.63) is 149 Å². The molecule has 1 aromatic heterocycles. The van der Waals surface area contributed by atoms with Gasteiger partial charge in [-0.2, -0.15) is 0 Å². The molecule has 0 saturated carbocycles. The lowest BCUT2D eigenvalue weighted by Gasteiger charge is -2.26. The van der Waals surface area contributed by atoms with E-state index in [2.05, 4.69) is 5.32 Å². The lowest BCUT2D eigenvalue weighted by atomic mass is 9.90. The zero-order valence-corrected chi connectivity index (χ0v) is 21.4. The molecular formula is C34H28N2O3. The predicted molar refractivity (Wildman–Crippen MR) is 152 cm³/mol. The van der Waals surface area contributed by atoms with Gasteiger partial charge in [0.2, 0.25) is 5.91 Å². The van der Waals surface area contributed by atoms with Crippen molar-refractivity contribution in [2.24, 2.45) is 0 Å². The number of rotatable bonds is 6. The fraction of sp³-hybridized carbons (Fsp3) is 0.118. The summed E-state index contributed by atoms with van der Waals surface area (Å²) in [4.78, 5) is 28.4. The van der Waals surface area contributed by atoms with Gasteiger partial charge >= 0.3 is 0 Å². The molecule has 0 radical (unpaired) electrons. The van der Waals surface area contributed by atoms with Crippen molar-refractivity contribution in [1.29, 1.82) is 0 Å². The molecule has 0 aliphatic carbocycles. The average molecular weight is 513 g/mol. The smallest absolute Gasteiger partial charge is 0.254 e. The number of benzene rings is 4. The van der Waals surface area contributed by atoms with E-state index in [1.807, 2.05) is 126 Å². The minimum absolute atomic E-state index is 0.0279. The highest BCUT2D eigenvalue weighted by atomic mass is 16.3. The number of hydrogen-bond donors (Lipinski definition) is 1. The quantitative estimate of drug-likeness (QED) is 0.269. The molecule has 0 fully saturated rings. The summed E-state index contributed by atoms with van der Waals surface area (Å²) in [6, 6.07) is 38.7. The lowest BCUT2D eigenvalue weighted by Crippen LogP contribution is -2.35. The molecule has 0 saturated heterocycles. The maximum atomic E-state index is 13.6. The van der Waals surface area contributed by atoms with Gasteiger partial charge in [0, 0.05) is 41.9 Å². The number of nitrogens with one attached hydrogen (secondary N) is 1. The molecule has 5 heteroatoms. The molecule has 5 nitrogen and oxygen atoms in total. The van der Waals surface area contributed by atoms with Gasteiger partial charge in [-0.15, -0.1) is 0 Å². The summed E-state index contributed by atoms with van der Waals surface area (Å²) in [5.41, 5.74) is 5.15. The van der Waals surface area contributed by atoms with Gasteiger partial charge in [-0.1, -0.05) is 91.0 Å². The third-order valence-electron chi connectivity index (χ3n) is 7.12. The third-order valence-corrected chi connectivity index (χ3v) is 7.12. The zero-order chi connectivity index (χ0) is 26.6. The summed E-state index contributed by atoms with van der Waals surface area (Å²) in [5.74, 6) is 1.14. The van der Waals surface area contributed by atoms with Crippen molar-refractivity contribution in [2.75, 3.05) is 11.9 Å². The molecule has 1 N–H and O–H groups in total. The van der Waals surface area contributed by atoms with E-state index < -0.39 is 5.92 Å². The van der Waals surface area contributed by atoms with Gasteiger partial charge in [-0.05, 0) is 41.5 Å². The van der Waals surface area contributed by atoms with E-state index in [-0.39, 0.29) is 11.8 Å². The number of amides is 2. The Morgan fingerprint density at radius 3 is 2.05 bits per heavy atom. The van der Waals surface area contributed by atoms with Gasteiger partial charge in [-0.3, -0.25) is 9.59 Å². The number of hydrogen-bond acceptors (Lipinski definition) is 3. The number of furan rings is 1. The number of carbonyl (C=O) groups excluding carboxylic acids is 2. The topological polar surface area (TPSA) is 62.6 Å². The highest BCUT2D eigenvalue weighted by Gasteiger charge is 2.26. The van der Waals surface area contributed by atoms with Gasteiger partial charge in [0.25, 0.3) is 5.91 Å². The van der Waals surface area contributed by atoms with E-state index in [9.17, 15) is 9.59 Å². The second kappa shape index (κ2) is 10.8. The molecule has 1 aliphatic heterocycles. The Morgan fingerprint density at radius 2 is 1.38 bits per heavy atom. The van der Waals surface area contributed by atoms with Crippen molar-refractivity contribution in [3.63, 3.8) is 0 Å². The monoisotopic (exact) mass is 512 g/mol. The van der Waals surface area contributed by atoms with Gasteiger partial charge in [0.15, 0.2) is 0 Å². The van der Waals surface area contributed by atoms with Crippen LogP contribution in [-0.4, -0.2) is 23.3 Å². The van der Waals surface area contributed by atoms with E-state index in [0.29, 0.717) is 30.8 Å². The van der Waals surface area contributed by atoms with Crippen LogP contribution in [0, 0.1) is 0 Å². The van der Waals surface area contributed by atoms with Crippen LogP contribution in [0.15, 0.2) is 126 Å². The predicted octanol–water partition coefficient (Wildman–Crippen LogP) is 6.92. The van der Waals surface area contributed by atoms with Crippen molar-refractivity contribution >= 4 is 17.5 Å². The van der Waals surface area contributed by atoms with E-state index in [1.54, 1.807) is 0 Å². The van der Waals surface area contributed by atoms with Crippen LogP contribution in [0.4, 0.5) is 5.69 Å². The highest BCUT2D eigenvalue weighted by Crippen LogP contribution is 2.32. The van der Waals surface area contributed by atoms with E-state index in [4.69, 9.17) is 4.42 Å². The van der Waals surface area contributed by atoms with Crippen molar-refractivity contribution < 1.29 is 14.0 Å². The molecule has 0 bridgehead atoms. The first-order valence-electron chi connectivity index (χ1n) is 13.1. The fourth-order valence-electron chi connectivity index (χ4n) is 5.16. The van der Waals surface area contributed by atoms with Gasteiger partial charge < -0.3 is 14.6 Å². The lowest BCUT2D eigenvalue weighted by molar-refractivity contribution is -0.116. The van der Waals surface area contributed by atoms with Gasteiger partial charge in [0.05, 0.1) is 5.92 Å². The zero-order valence-electron chi connectivity index (χ0n) is 21.4. The maximum absolute atomic E-state index is 13.6. The molecule has 2 amide bonds. The Hall–Kier alpha value is -4.90. The first-order valence-corrected chi connectivity index (χ1v) is 13.1. The Kier molecular flexibility index (Phi) is 6.79. The van der Waals surface area contributed by atoms with Crippen molar-refractivity contribution in [1.82, 2.24) is 4.90 Å². The van der Waals surface area contributed by atoms with E-state index >= 15 is 0 Å². The highest BCUT2D eigenvalue weighted by molar-refractivity contribution is 5.98. The Balaban J connectivity index is 1.21. The number of nitrogens with zero attached hydrogens (tertiary/aromatic N) is 1. The normalized spacial score (nSPS) is 12.7. The van der Waals surface area contributed by atoms with Crippen LogP contribution in [0.3, 0.4) is 0 Å². The molecule has 6 rings (SSSR count). The molecule has 5 aromatic rings. The van der Waals surface area contributed by atoms with Crippen LogP contribution in [0.2, 0.25) is 0 Å². The largest absolute Gasteiger partial charge is 0.461 e. The summed E-state index contributed by atoms with van der Waals surface area (Å²) in [6.07, 6.45) is 0.667. The molecule has 4 aromatic carbocycles. The van der Waals surface area contributed by atoms with Crippen LogP contribution in [-0.2, 0) is 17.8 Å². The average Bonchev–Trinajstić information content (AvgIpc) is 3.42. The maximum Gasteiger partial charge on any atom is 0.254 e. The van der Waals surface area contributed by atoms with Gasteiger partial charge in [0.1, 0.15) is 11.5 Å². The van der Waals surface area contributed by atoms with Crippen LogP contribution in [0.5, 0.6) is 0 Å². The number of anilines is 1. The van der Waals surface area contributed by atoms with Crippen LogP contribution >= 0.6 is 0 Å². The summed E-state index contributed by atoms with van der Waals surface area (Å²) >= 11 is 0. The first kappa shape index (κ1) is 24.4. The Morgan fingerprint density at radius 1 is 0.744 bits per heavy atom. The number of fused-ring (bicyclic) bond motifs is 1. The molecule has 1 aliphatic rings. The molecule has 39 heavy (non-hydrogen) atoms. The fourth-order valence-corrected chi connectivity index (χ4v) is 5.16. The Labute approximate surface area is 227 Å². The van der Waals surface area contributed by atoms with E-state index in [1.165, 1.54) is 0 Å². The SMILES string of the molecule is O=C(Nc1cccc(-c2cc3c(o2)CCN(C(=O)c2ccccc2)C3)c1)C(c1ccccc1)c1ccccc1. The van der Waals surface area contributed by atoms with Gasteiger partial charge in [-0.25, -0.2) is 0 Å².